The minimum atomic E-state index is 0.692. The number of hydrogen-bond acceptors (Lipinski definition) is 1. The zero-order valence-corrected chi connectivity index (χ0v) is 9.50. The van der Waals surface area contributed by atoms with E-state index in [2.05, 4.69) is 38.6 Å². The lowest BCUT2D eigenvalue weighted by molar-refractivity contribution is 0.700. The van der Waals surface area contributed by atoms with Crippen LogP contribution >= 0.6 is 15.9 Å². The molecule has 0 saturated heterocycles. The molecule has 3 heteroatoms. The van der Waals surface area contributed by atoms with Crippen molar-refractivity contribution in [3.05, 3.63) is 18.2 Å². The van der Waals surface area contributed by atoms with Gasteiger partial charge in [-0.1, -0.05) is 15.9 Å². The van der Waals surface area contributed by atoms with E-state index in [1.807, 2.05) is 6.33 Å². The standard InChI is InChI=1S/C10H15BrN2/c1-2-13-6-10(12-7-13)8-3-4-9(11)5-8/h6-9H,2-5H2,1H3. The van der Waals surface area contributed by atoms with Gasteiger partial charge >= 0.3 is 0 Å². The molecule has 2 atom stereocenters. The predicted molar refractivity (Wildman–Crippen MR) is 57.2 cm³/mol. The van der Waals surface area contributed by atoms with Gasteiger partial charge in [-0.15, -0.1) is 0 Å². The third-order valence-corrected chi connectivity index (χ3v) is 3.64. The summed E-state index contributed by atoms with van der Waals surface area (Å²) in [6, 6.07) is 0. The second-order valence-electron chi connectivity index (χ2n) is 3.74. The van der Waals surface area contributed by atoms with Crippen molar-refractivity contribution in [1.29, 1.82) is 0 Å². The molecule has 1 saturated carbocycles. The zero-order chi connectivity index (χ0) is 9.26. The van der Waals surface area contributed by atoms with Gasteiger partial charge in [0.15, 0.2) is 0 Å². The maximum absolute atomic E-state index is 4.45. The number of nitrogens with zero attached hydrogens (tertiary/aromatic N) is 2. The summed E-state index contributed by atoms with van der Waals surface area (Å²) in [4.78, 5) is 5.16. The lowest BCUT2D eigenvalue weighted by atomic mass is 10.1. The van der Waals surface area contributed by atoms with Crippen LogP contribution in [0.3, 0.4) is 0 Å². The van der Waals surface area contributed by atoms with Gasteiger partial charge in [-0.2, -0.15) is 0 Å². The van der Waals surface area contributed by atoms with Crippen molar-refractivity contribution >= 4 is 15.9 Å². The Morgan fingerprint density at radius 1 is 1.62 bits per heavy atom. The second-order valence-corrected chi connectivity index (χ2v) is 5.03. The number of hydrogen-bond donors (Lipinski definition) is 0. The Kier molecular flexibility index (Phi) is 2.72. The molecule has 1 fully saturated rings. The molecule has 0 radical (unpaired) electrons. The summed E-state index contributed by atoms with van der Waals surface area (Å²) < 4.78 is 2.15. The molecule has 0 spiro atoms. The Bertz CT molecular complexity index is 282. The first-order valence-electron chi connectivity index (χ1n) is 4.95. The van der Waals surface area contributed by atoms with Crippen LogP contribution in [-0.2, 0) is 6.54 Å². The van der Waals surface area contributed by atoms with E-state index >= 15 is 0 Å². The normalized spacial score (nSPS) is 28.2. The van der Waals surface area contributed by atoms with Gasteiger partial charge in [0.25, 0.3) is 0 Å². The average Bonchev–Trinajstić information content (AvgIpc) is 2.71. The van der Waals surface area contributed by atoms with Crippen molar-refractivity contribution in [3.63, 3.8) is 0 Å². The van der Waals surface area contributed by atoms with Gasteiger partial charge < -0.3 is 4.57 Å². The Morgan fingerprint density at radius 2 is 2.46 bits per heavy atom. The number of imidazole rings is 1. The average molecular weight is 243 g/mol. The number of rotatable bonds is 2. The van der Waals surface area contributed by atoms with Crippen molar-refractivity contribution in [3.8, 4) is 0 Å². The quantitative estimate of drug-likeness (QED) is 0.730. The molecule has 2 unspecified atom stereocenters. The molecule has 2 rings (SSSR count). The minimum absolute atomic E-state index is 0.692. The molecule has 0 aliphatic heterocycles. The summed E-state index contributed by atoms with van der Waals surface area (Å²) in [6.07, 6.45) is 7.97. The van der Waals surface area contributed by atoms with Crippen molar-refractivity contribution in [2.24, 2.45) is 0 Å². The van der Waals surface area contributed by atoms with Gasteiger partial charge in [0, 0.05) is 23.5 Å². The van der Waals surface area contributed by atoms with E-state index in [-0.39, 0.29) is 0 Å². The van der Waals surface area contributed by atoms with Crippen LogP contribution in [0.25, 0.3) is 0 Å². The lowest BCUT2D eigenvalue weighted by Crippen LogP contribution is -1.94. The smallest absolute Gasteiger partial charge is 0.0949 e. The van der Waals surface area contributed by atoms with Crippen molar-refractivity contribution in [2.75, 3.05) is 0 Å². The number of alkyl halides is 1. The highest BCUT2D eigenvalue weighted by molar-refractivity contribution is 9.09. The molecular weight excluding hydrogens is 228 g/mol. The van der Waals surface area contributed by atoms with Gasteiger partial charge in [0.2, 0.25) is 0 Å². The third-order valence-electron chi connectivity index (χ3n) is 2.81. The highest BCUT2D eigenvalue weighted by Crippen LogP contribution is 2.36. The monoisotopic (exact) mass is 242 g/mol. The van der Waals surface area contributed by atoms with Gasteiger partial charge in [-0.3, -0.25) is 0 Å². The van der Waals surface area contributed by atoms with Crippen molar-refractivity contribution in [1.82, 2.24) is 9.55 Å². The Hall–Kier alpha value is -0.310. The van der Waals surface area contributed by atoms with Gasteiger partial charge in [-0.25, -0.2) is 4.98 Å². The van der Waals surface area contributed by atoms with Crippen LogP contribution < -0.4 is 0 Å². The maximum Gasteiger partial charge on any atom is 0.0949 e. The topological polar surface area (TPSA) is 17.8 Å². The molecule has 1 aromatic rings. The SMILES string of the molecule is CCn1cnc(C2CCC(Br)C2)c1. The number of aromatic nitrogens is 2. The fourth-order valence-electron chi connectivity index (χ4n) is 1.96. The Labute approximate surface area is 87.5 Å². The summed E-state index contributed by atoms with van der Waals surface area (Å²) in [5, 5.41) is 0. The van der Waals surface area contributed by atoms with E-state index in [1.165, 1.54) is 25.0 Å². The van der Waals surface area contributed by atoms with Crippen molar-refractivity contribution in [2.45, 2.75) is 43.5 Å². The van der Waals surface area contributed by atoms with Crippen LogP contribution in [0.15, 0.2) is 12.5 Å². The van der Waals surface area contributed by atoms with E-state index in [0.717, 1.165) is 6.54 Å². The highest BCUT2D eigenvalue weighted by atomic mass is 79.9. The molecule has 13 heavy (non-hydrogen) atoms. The predicted octanol–water partition coefficient (Wildman–Crippen LogP) is 2.93. The largest absolute Gasteiger partial charge is 0.337 e. The first kappa shape index (κ1) is 9.25. The Morgan fingerprint density at radius 3 is 3.00 bits per heavy atom. The summed E-state index contributed by atoms with van der Waals surface area (Å²) in [6.45, 7) is 3.17. The third kappa shape index (κ3) is 1.96. The molecule has 0 N–H and O–H groups in total. The molecule has 2 nitrogen and oxygen atoms in total. The molecule has 1 aliphatic rings. The molecule has 1 aliphatic carbocycles. The van der Waals surface area contributed by atoms with Gasteiger partial charge in [0.1, 0.15) is 0 Å². The van der Waals surface area contributed by atoms with Gasteiger partial charge in [-0.05, 0) is 26.2 Å². The van der Waals surface area contributed by atoms with Crippen LogP contribution in [0.1, 0.15) is 37.8 Å². The summed E-state index contributed by atoms with van der Waals surface area (Å²) >= 11 is 3.67. The summed E-state index contributed by atoms with van der Waals surface area (Å²) in [5.74, 6) is 0.692. The molecule has 0 aromatic carbocycles. The van der Waals surface area contributed by atoms with E-state index in [4.69, 9.17) is 0 Å². The first-order valence-corrected chi connectivity index (χ1v) is 5.87. The van der Waals surface area contributed by atoms with Crippen LogP contribution in [0.2, 0.25) is 0 Å². The van der Waals surface area contributed by atoms with E-state index in [9.17, 15) is 0 Å². The second kappa shape index (κ2) is 3.82. The summed E-state index contributed by atoms with van der Waals surface area (Å²) in [5.41, 5.74) is 1.28. The van der Waals surface area contributed by atoms with E-state index in [1.54, 1.807) is 0 Å². The molecule has 1 heterocycles. The molecule has 72 valence electrons. The minimum Gasteiger partial charge on any atom is -0.337 e. The van der Waals surface area contributed by atoms with Crippen molar-refractivity contribution < 1.29 is 0 Å². The lowest BCUT2D eigenvalue weighted by Gasteiger charge is -2.03. The maximum atomic E-state index is 4.45. The highest BCUT2D eigenvalue weighted by Gasteiger charge is 2.25. The van der Waals surface area contributed by atoms with Crippen LogP contribution in [0.4, 0.5) is 0 Å². The fraction of sp³-hybridized carbons (Fsp3) is 0.700. The molecule has 0 amide bonds. The molecule has 0 bridgehead atoms. The van der Waals surface area contributed by atoms with E-state index in [0.29, 0.717) is 10.7 Å². The van der Waals surface area contributed by atoms with Crippen LogP contribution in [-0.4, -0.2) is 14.4 Å². The number of aryl methyl sites for hydroxylation is 1. The zero-order valence-electron chi connectivity index (χ0n) is 7.91. The fourth-order valence-corrected chi connectivity index (χ4v) is 2.67. The first-order chi connectivity index (χ1) is 6.29. The molecular formula is C10H15BrN2. The van der Waals surface area contributed by atoms with Crippen LogP contribution in [0.5, 0.6) is 0 Å². The molecule has 1 aromatic heterocycles. The van der Waals surface area contributed by atoms with Gasteiger partial charge in [0.05, 0.1) is 12.0 Å². The van der Waals surface area contributed by atoms with Crippen LogP contribution in [0, 0.1) is 0 Å². The Balaban J connectivity index is 2.08. The number of halogens is 1. The van der Waals surface area contributed by atoms with E-state index < -0.39 is 0 Å². The summed E-state index contributed by atoms with van der Waals surface area (Å²) in [7, 11) is 0.